The van der Waals surface area contributed by atoms with Gasteiger partial charge >= 0.3 is 0 Å². The van der Waals surface area contributed by atoms with Crippen molar-refractivity contribution in [3.05, 3.63) is 65.2 Å². The van der Waals surface area contributed by atoms with Gasteiger partial charge < -0.3 is 10.4 Å². The summed E-state index contributed by atoms with van der Waals surface area (Å²) in [5.74, 6) is -0.175. The fourth-order valence-electron chi connectivity index (χ4n) is 2.95. The van der Waals surface area contributed by atoms with Crippen LogP contribution in [0.4, 0.5) is 4.39 Å². The van der Waals surface area contributed by atoms with Gasteiger partial charge in [0.15, 0.2) is 0 Å². The molecule has 3 rings (SSSR count). The molecule has 1 aromatic carbocycles. The summed E-state index contributed by atoms with van der Waals surface area (Å²) < 4.78 is 13.3. The first-order valence-electron chi connectivity index (χ1n) is 7.34. The third-order valence-corrected chi connectivity index (χ3v) is 4.07. The lowest BCUT2D eigenvalue weighted by Crippen LogP contribution is -2.29. The Hall–Kier alpha value is -1.78. The Labute approximate surface area is 123 Å². The van der Waals surface area contributed by atoms with Gasteiger partial charge in [-0.3, -0.25) is 4.98 Å². The van der Waals surface area contributed by atoms with E-state index in [0.717, 1.165) is 36.0 Å². The number of fused-ring (bicyclic) bond motifs is 1. The van der Waals surface area contributed by atoms with E-state index < -0.39 is 6.10 Å². The fraction of sp³-hybridized carbons (Fsp3) is 0.353. The Balaban J connectivity index is 1.67. The molecule has 1 heterocycles. The minimum absolute atomic E-state index is 0.175. The summed E-state index contributed by atoms with van der Waals surface area (Å²) in [6.45, 7) is 0.478. The fourth-order valence-corrected chi connectivity index (χ4v) is 2.95. The summed E-state index contributed by atoms with van der Waals surface area (Å²) in [6, 6.07) is 8.82. The van der Waals surface area contributed by atoms with Gasteiger partial charge in [-0.1, -0.05) is 6.07 Å². The molecular weight excluding hydrogens is 267 g/mol. The predicted molar refractivity (Wildman–Crippen MR) is 79.3 cm³/mol. The van der Waals surface area contributed by atoms with Gasteiger partial charge in [0.25, 0.3) is 0 Å². The molecule has 2 aromatic rings. The molecule has 1 aliphatic rings. The van der Waals surface area contributed by atoms with Crippen molar-refractivity contribution in [1.29, 1.82) is 0 Å². The van der Waals surface area contributed by atoms with E-state index >= 15 is 0 Å². The van der Waals surface area contributed by atoms with Gasteiger partial charge in [0.05, 0.1) is 6.10 Å². The third-order valence-electron chi connectivity index (χ3n) is 4.07. The van der Waals surface area contributed by atoms with E-state index in [-0.39, 0.29) is 11.9 Å². The first kappa shape index (κ1) is 14.2. The van der Waals surface area contributed by atoms with Crippen LogP contribution in [0.25, 0.3) is 0 Å². The highest BCUT2D eigenvalue weighted by atomic mass is 19.1. The van der Waals surface area contributed by atoms with Crippen molar-refractivity contribution in [2.24, 2.45) is 0 Å². The zero-order valence-corrected chi connectivity index (χ0v) is 11.8. The van der Waals surface area contributed by atoms with E-state index in [1.807, 2.05) is 18.2 Å². The molecule has 2 unspecified atom stereocenters. The number of aryl methyl sites for hydroxylation is 1. The van der Waals surface area contributed by atoms with Crippen LogP contribution in [0.1, 0.15) is 41.7 Å². The van der Waals surface area contributed by atoms with Crippen molar-refractivity contribution in [1.82, 2.24) is 10.3 Å². The molecule has 1 aliphatic carbocycles. The number of aliphatic hydroxyl groups is 1. The first-order chi connectivity index (χ1) is 10.2. The summed E-state index contributed by atoms with van der Waals surface area (Å²) >= 11 is 0. The predicted octanol–water partition coefficient (Wildman–Crippen LogP) is 2.92. The Bertz CT molecular complexity index is 603. The van der Waals surface area contributed by atoms with Gasteiger partial charge in [0.1, 0.15) is 5.82 Å². The lowest BCUT2D eigenvalue weighted by molar-refractivity contribution is 0.168. The van der Waals surface area contributed by atoms with Gasteiger partial charge in [-0.05, 0) is 60.2 Å². The number of pyridine rings is 1. The second-order valence-electron chi connectivity index (χ2n) is 5.49. The van der Waals surface area contributed by atoms with Crippen LogP contribution in [-0.2, 0) is 6.42 Å². The normalized spacial score (nSPS) is 19.0. The maximum Gasteiger partial charge on any atom is 0.123 e. The maximum absolute atomic E-state index is 13.3. The number of halogens is 1. The molecule has 1 aromatic heterocycles. The van der Waals surface area contributed by atoms with Gasteiger partial charge in [-0.25, -0.2) is 4.39 Å². The van der Waals surface area contributed by atoms with Crippen LogP contribution in [0.15, 0.2) is 42.7 Å². The molecule has 2 atom stereocenters. The second kappa shape index (κ2) is 6.33. The van der Waals surface area contributed by atoms with Crippen molar-refractivity contribution in [3.63, 3.8) is 0 Å². The van der Waals surface area contributed by atoms with Gasteiger partial charge in [-0.15, -0.1) is 0 Å². The van der Waals surface area contributed by atoms with Crippen LogP contribution in [0.2, 0.25) is 0 Å². The lowest BCUT2D eigenvalue weighted by atomic mass is 9.87. The standard InChI is InChI=1S/C17H19FN2O/c18-14-4-5-15-13(10-14)2-1-3-16(15)20-11-17(21)12-6-8-19-9-7-12/h4-10,16-17,20-21H,1-3,11H2. The highest BCUT2D eigenvalue weighted by Gasteiger charge is 2.21. The average molecular weight is 286 g/mol. The molecule has 21 heavy (non-hydrogen) atoms. The molecule has 4 heteroatoms. The van der Waals surface area contributed by atoms with Crippen LogP contribution in [0, 0.1) is 5.82 Å². The smallest absolute Gasteiger partial charge is 0.123 e. The Morgan fingerprint density at radius 3 is 2.90 bits per heavy atom. The number of aromatic nitrogens is 1. The van der Waals surface area contributed by atoms with Crippen LogP contribution < -0.4 is 5.32 Å². The number of nitrogens with zero attached hydrogens (tertiary/aromatic N) is 1. The molecule has 0 amide bonds. The van der Waals surface area contributed by atoms with Crippen LogP contribution in [0.3, 0.4) is 0 Å². The summed E-state index contributed by atoms with van der Waals surface area (Å²) in [5, 5.41) is 13.6. The summed E-state index contributed by atoms with van der Waals surface area (Å²) in [4.78, 5) is 3.95. The Kier molecular flexibility index (Phi) is 4.27. The molecule has 0 radical (unpaired) electrons. The number of benzene rings is 1. The number of aliphatic hydroxyl groups excluding tert-OH is 1. The van der Waals surface area contributed by atoms with Crippen molar-refractivity contribution in [3.8, 4) is 0 Å². The Morgan fingerprint density at radius 1 is 1.29 bits per heavy atom. The highest BCUT2D eigenvalue weighted by Crippen LogP contribution is 2.30. The van der Waals surface area contributed by atoms with E-state index in [2.05, 4.69) is 10.3 Å². The Morgan fingerprint density at radius 2 is 2.10 bits per heavy atom. The van der Waals surface area contributed by atoms with E-state index in [0.29, 0.717) is 6.54 Å². The van der Waals surface area contributed by atoms with E-state index in [4.69, 9.17) is 0 Å². The molecule has 2 N–H and O–H groups in total. The monoisotopic (exact) mass is 286 g/mol. The van der Waals surface area contributed by atoms with Crippen LogP contribution >= 0.6 is 0 Å². The van der Waals surface area contributed by atoms with E-state index in [1.54, 1.807) is 18.5 Å². The second-order valence-corrected chi connectivity index (χ2v) is 5.49. The molecule has 3 nitrogen and oxygen atoms in total. The van der Waals surface area contributed by atoms with Gasteiger partial charge in [-0.2, -0.15) is 0 Å². The van der Waals surface area contributed by atoms with Gasteiger partial charge in [0, 0.05) is 25.0 Å². The molecule has 0 saturated carbocycles. The van der Waals surface area contributed by atoms with E-state index in [1.165, 1.54) is 6.07 Å². The quantitative estimate of drug-likeness (QED) is 0.908. The van der Waals surface area contributed by atoms with Crippen LogP contribution in [0.5, 0.6) is 0 Å². The van der Waals surface area contributed by atoms with Crippen molar-refractivity contribution >= 4 is 0 Å². The zero-order valence-electron chi connectivity index (χ0n) is 11.8. The minimum atomic E-state index is -0.557. The van der Waals surface area contributed by atoms with Crippen molar-refractivity contribution in [2.75, 3.05) is 6.54 Å². The summed E-state index contributed by atoms with van der Waals surface area (Å²) in [5.41, 5.74) is 3.09. The average Bonchev–Trinajstić information content (AvgIpc) is 2.53. The maximum atomic E-state index is 13.3. The largest absolute Gasteiger partial charge is 0.387 e. The topological polar surface area (TPSA) is 45.1 Å². The van der Waals surface area contributed by atoms with Crippen molar-refractivity contribution in [2.45, 2.75) is 31.4 Å². The molecule has 0 bridgehead atoms. The molecule has 0 aliphatic heterocycles. The summed E-state index contributed by atoms with van der Waals surface area (Å²) in [7, 11) is 0. The number of hydrogen-bond donors (Lipinski definition) is 2. The molecule has 0 fully saturated rings. The molecule has 0 saturated heterocycles. The highest BCUT2D eigenvalue weighted by molar-refractivity contribution is 5.33. The summed E-state index contributed by atoms with van der Waals surface area (Å²) in [6.07, 6.45) is 5.78. The third kappa shape index (κ3) is 3.28. The van der Waals surface area contributed by atoms with Crippen molar-refractivity contribution < 1.29 is 9.50 Å². The molecular formula is C17H19FN2O. The zero-order chi connectivity index (χ0) is 14.7. The molecule has 110 valence electrons. The lowest BCUT2D eigenvalue weighted by Gasteiger charge is -2.27. The first-order valence-corrected chi connectivity index (χ1v) is 7.34. The SMILES string of the molecule is OC(CNC1CCCc2cc(F)ccc21)c1ccncc1. The number of nitrogens with one attached hydrogen (secondary N) is 1. The number of hydrogen-bond acceptors (Lipinski definition) is 3. The molecule has 0 spiro atoms. The van der Waals surface area contributed by atoms with Crippen LogP contribution in [-0.4, -0.2) is 16.6 Å². The van der Waals surface area contributed by atoms with Gasteiger partial charge in [0.2, 0.25) is 0 Å². The van der Waals surface area contributed by atoms with E-state index in [9.17, 15) is 9.50 Å². The minimum Gasteiger partial charge on any atom is -0.387 e. The number of rotatable bonds is 4.